The van der Waals surface area contributed by atoms with E-state index in [0.717, 1.165) is 22.6 Å². The van der Waals surface area contributed by atoms with Gasteiger partial charge in [0.05, 0.1) is 10.2 Å². The molecule has 1 aromatic heterocycles. The van der Waals surface area contributed by atoms with Crippen LogP contribution >= 0.6 is 15.9 Å². The molecule has 1 aromatic rings. The van der Waals surface area contributed by atoms with Gasteiger partial charge in [0.15, 0.2) is 0 Å². The Morgan fingerprint density at radius 2 is 2.38 bits per heavy atom. The minimum absolute atomic E-state index is 0.557. The standard InChI is InChI=1S/C9H12BrN3/c10-7-5-13-9(11)3-8(7)12-4-6-1-2-6/h3,5-6H,1-2,4H2,(H3,11,12,13). The lowest BCUT2D eigenvalue weighted by molar-refractivity contribution is 0.888. The van der Waals surface area contributed by atoms with Gasteiger partial charge in [-0.1, -0.05) is 0 Å². The highest BCUT2D eigenvalue weighted by Gasteiger charge is 2.20. The van der Waals surface area contributed by atoms with Crippen molar-refractivity contribution in [2.75, 3.05) is 17.6 Å². The molecule has 0 atom stereocenters. The second-order valence-electron chi connectivity index (χ2n) is 3.41. The number of pyridine rings is 1. The molecule has 3 N–H and O–H groups in total. The molecule has 0 radical (unpaired) electrons. The lowest BCUT2D eigenvalue weighted by Gasteiger charge is -2.07. The first-order valence-electron chi connectivity index (χ1n) is 4.40. The molecule has 13 heavy (non-hydrogen) atoms. The van der Waals surface area contributed by atoms with Gasteiger partial charge in [0.2, 0.25) is 0 Å². The molecule has 1 aliphatic rings. The fourth-order valence-corrected chi connectivity index (χ4v) is 1.52. The van der Waals surface area contributed by atoms with Crippen molar-refractivity contribution >= 4 is 27.4 Å². The van der Waals surface area contributed by atoms with Crippen LogP contribution in [-0.4, -0.2) is 11.5 Å². The second kappa shape index (κ2) is 3.54. The molecule has 0 unspecified atom stereocenters. The van der Waals surface area contributed by atoms with E-state index in [9.17, 15) is 0 Å². The van der Waals surface area contributed by atoms with Crippen LogP contribution in [0.4, 0.5) is 11.5 Å². The Balaban J connectivity index is 2.03. The molecule has 4 heteroatoms. The predicted molar refractivity (Wildman–Crippen MR) is 57.6 cm³/mol. The maximum absolute atomic E-state index is 5.58. The Hall–Kier alpha value is -0.770. The average Bonchev–Trinajstić information content (AvgIpc) is 2.90. The summed E-state index contributed by atoms with van der Waals surface area (Å²) in [6.07, 6.45) is 4.43. The maximum atomic E-state index is 5.58. The number of halogens is 1. The van der Waals surface area contributed by atoms with Crippen molar-refractivity contribution in [3.8, 4) is 0 Å². The molecule has 1 fully saturated rings. The van der Waals surface area contributed by atoms with Crippen molar-refractivity contribution in [1.29, 1.82) is 0 Å². The van der Waals surface area contributed by atoms with Crippen molar-refractivity contribution in [3.63, 3.8) is 0 Å². The summed E-state index contributed by atoms with van der Waals surface area (Å²) in [4.78, 5) is 3.97. The summed E-state index contributed by atoms with van der Waals surface area (Å²) in [5, 5.41) is 3.35. The first kappa shape index (κ1) is 8.81. The summed E-state index contributed by atoms with van der Waals surface area (Å²) in [5.74, 6) is 1.42. The van der Waals surface area contributed by atoms with E-state index >= 15 is 0 Å². The highest BCUT2D eigenvalue weighted by Crippen LogP contribution is 2.30. The van der Waals surface area contributed by atoms with Gasteiger partial charge in [0.1, 0.15) is 5.82 Å². The highest BCUT2D eigenvalue weighted by atomic mass is 79.9. The van der Waals surface area contributed by atoms with Gasteiger partial charge in [0, 0.05) is 18.8 Å². The summed E-state index contributed by atoms with van der Waals surface area (Å²) in [5.41, 5.74) is 6.62. The molecule has 0 aromatic carbocycles. The Morgan fingerprint density at radius 1 is 1.62 bits per heavy atom. The minimum atomic E-state index is 0.557. The summed E-state index contributed by atoms with van der Waals surface area (Å²) in [6, 6.07) is 1.85. The van der Waals surface area contributed by atoms with Gasteiger partial charge in [-0.15, -0.1) is 0 Å². The quantitative estimate of drug-likeness (QED) is 0.854. The second-order valence-corrected chi connectivity index (χ2v) is 4.27. The van der Waals surface area contributed by atoms with E-state index in [4.69, 9.17) is 5.73 Å². The third-order valence-electron chi connectivity index (χ3n) is 2.15. The van der Waals surface area contributed by atoms with Crippen LogP contribution in [0.5, 0.6) is 0 Å². The zero-order valence-electron chi connectivity index (χ0n) is 7.26. The Labute approximate surface area is 85.9 Å². The predicted octanol–water partition coefficient (Wildman–Crippen LogP) is 2.25. The van der Waals surface area contributed by atoms with Crippen LogP contribution in [0.15, 0.2) is 16.7 Å². The van der Waals surface area contributed by atoms with E-state index in [1.165, 1.54) is 12.8 Å². The number of nitrogens with two attached hydrogens (primary N) is 1. The number of hydrogen-bond acceptors (Lipinski definition) is 3. The fraction of sp³-hybridized carbons (Fsp3) is 0.444. The number of rotatable bonds is 3. The molecule has 0 spiro atoms. The van der Waals surface area contributed by atoms with Crippen molar-refractivity contribution in [1.82, 2.24) is 4.98 Å². The van der Waals surface area contributed by atoms with E-state index in [1.807, 2.05) is 6.07 Å². The van der Waals surface area contributed by atoms with Gasteiger partial charge in [-0.2, -0.15) is 0 Å². The zero-order chi connectivity index (χ0) is 9.26. The molecule has 0 aliphatic heterocycles. The van der Waals surface area contributed by atoms with Gasteiger partial charge >= 0.3 is 0 Å². The van der Waals surface area contributed by atoms with Crippen LogP contribution in [0.3, 0.4) is 0 Å². The SMILES string of the molecule is Nc1cc(NCC2CC2)c(Br)cn1. The number of hydrogen-bond donors (Lipinski definition) is 2. The average molecular weight is 242 g/mol. The molecule has 1 heterocycles. The molecule has 3 nitrogen and oxygen atoms in total. The first-order valence-corrected chi connectivity index (χ1v) is 5.20. The van der Waals surface area contributed by atoms with Crippen LogP contribution in [0.1, 0.15) is 12.8 Å². The lowest BCUT2D eigenvalue weighted by Crippen LogP contribution is -2.04. The topological polar surface area (TPSA) is 50.9 Å². The molecule has 1 aliphatic carbocycles. The van der Waals surface area contributed by atoms with Crippen molar-refractivity contribution in [2.24, 2.45) is 5.92 Å². The largest absolute Gasteiger partial charge is 0.384 e. The van der Waals surface area contributed by atoms with Crippen LogP contribution in [0.2, 0.25) is 0 Å². The third kappa shape index (κ3) is 2.34. The number of nitrogen functional groups attached to an aromatic ring is 1. The molecule has 0 amide bonds. The Morgan fingerprint density at radius 3 is 3.08 bits per heavy atom. The van der Waals surface area contributed by atoms with Crippen LogP contribution in [-0.2, 0) is 0 Å². The lowest BCUT2D eigenvalue weighted by atomic mass is 10.3. The van der Waals surface area contributed by atoms with E-state index in [2.05, 4.69) is 26.2 Å². The van der Waals surface area contributed by atoms with Gasteiger partial charge in [-0.25, -0.2) is 4.98 Å². The summed E-state index contributed by atoms with van der Waals surface area (Å²) >= 11 is 3.42. The van der Waals surface area contributed by atoms with Crippen LogP contribution < -0.4 is 11.1 Å². The molecule has 1 saturated carbocycles. The molecular formula is C9H12BrN3. The Kier molecular flexibility index (Phi) is 2.40. The van der Waals surface area contributed by atoms with E-state index in [1.54, 1.807) is 6.20 Å². The normalized spacial score (nSPS) is 15.8. The van der Waals surface area contributed by atoms with Crippen LogP contribution in [0, 0.1) is 5.92 Å². The van der Waals surface area contributed by atoms with E-state index in [-0.39, 0.29) is 0 Å². The molecule has 70 valence electrons. The van der Waals surface area contributed by atoms with E-state index in [0.29, 0.717) is 5.82 Å². The number of nitrogens with zero attached hydrogens (tertiary/aromatic N) is 1. The number of nitrogens with one attached hydrogen (secondary N) is 1. The zero-order valence-corrected chi connectivity index (χ0v) is 8.84. The Bertz CT molecular complexity index is 310. The third-order valence-corrected chi connectivity index (χ3v) is 2.79. The summed E-state index contributed by atoms with van der Waals surface area (Å²) in [7, 11) is 0. The van der Waals surface area contributed by atoms with Crippen molar-refractivity contribution in [3.05, 3.63) is 16.7 Å². The smallest absolute Gasteiger partial charge is 0.125 e. The summed E-state index contributed by atoms with van der Waals surface area (Å²) in [6.45, 7) is 1.04. The first-order chi connectivity index (χ1) is 6.25. The minimum Gasteiger partial charge on any atom is -0.384 e. The monoisotopic (exact) mass is 241 g/mol. The van der Waals surface area contributed by atoms with Gasteiger partial charge in [-0.05, 0) is 34.7 Å². The fourth-order valence-electron chi connectivity index (χ4n) is 1.17. The number of aromatic nitrogens is 1. The van der Waals surface area contributed by atoms with Gasteiger partial charge < -0.3 is 11.1 Å². The van der Waals surface area contributed by atoms with Gasteiger partial charge in [0.25, 0.3) is 0 Å². The molecule has 2 rings (SSSR count). The molecule has 0 saturated heterocycles. The summed E-state index contributed by atoms with van der Waals surface area (Å²) < 4.78 is 0.974. The highest BCUT2D eigenvalue weighted by molar-refractivity contribution is 9.10. The van der Waals surface area contributed by atoms with Crippen molar-refractivity contribution in [2.45, 2.75) is 12.8 Å². The van der Waals surface area contributed by atoms with E-state index < -0.39 is 0 Å². The molecule has 0 bridgehead atoms. The van der Waals surface area contributed by atoms with Crippen LogP contribution in [0.25, 0.3) is 0 Å². The van der Waals surface area contributed by atoms with Crippen molar-refractivity contribution < 1.29 is 0 Å². The molecular weight excluding hydrogens is 230 g/mol. The maximum Gasteiger partial charge on any atom is 0.125 e. The van der Waals surface area contributed by atoms with Gasteiger partial charge in [-0.3, -0.25) is 0 Å². The number of anilines is 2.